The Hall–Kier alpha value is -1.30. The Balaban J connectivity index is 2.27. The number of ether oxygens (including phenoxy) is 1. The molecule has 116 valence electrons. The van der Waals surface area contributed by atoms with Crippen LogP contribution >= 0.6 is 0 Å². The lowest BCUT2D eigenvalue weighted by molar-refractivity contribution is -0.142. The number of carbonyl (C=O) groups is 2. The van der Waals surface area contributed by atoms with Crippen molar-refractivity contribution in [2.45, 2.75) is 33.6 Å². The predicted molar refractivity (Wildman–Crippen MR) is 75.5 cm³/mol. The van der Waals surface area contributed by atoms with E-state index < -0.39 is 11.9 Å². The molecule has 0 aromatic carbocycles. The third-order valence-electron chi connectivity index (χ3n) is 3.29. The van der Waals surface area contributed by atoms with Gasteiger partial charge in [0.25, 0.3) is 0 Å². The average molecular weight is 286 g/mol. The van der Waals surface area contributed by atoms with Crippen molar-refractivity contribution in [2.75, 3.05) is 26.3 Å². The monoisotopic (exact) mass is 286 g/mol. The topological polar surface area (TPSA) is 87.7 Å². The van der Waals surface area contributed by atoms with E-state index in [0.29, 0.717) is 25.5 Å². The van der Waals surface area contributed by atoms with Gasteiger partial charge in [-0.2, -0.15) is 0 Å². The van der Waals surface area contributed by atoms with Gasteiger partial charge in [-0.25, -0.2) is 4.79 Å². The Morgan fingerprint density at radius 2 is 2.05 bits per heavy atom. The first-order valence-corrected chi connectivity index (χ1v) is 7.10. The molecule has 0 bridgehead atoms. The Morgan fingerprint density at radius 1 is 1.35 bits per heavy atom. The van der Waals surface area contributed by atoms with Gasteiger partial charge in [0, 0.05) is 25.6 Å². The van der Waals surface area contributed by atoms with Crippen LogP contribution < -0.4 is 10.6 Å². The maximum absolute atomic E-state index is 11.6. The van der Waals surface area contributed by atoms with Crippen molar-refractivity contribution < 1.29 is 19.4 Å². The predicted octanol–water partition coefficient (Wildman–Crippen LogP) is 1.46. The zero-order chi connectivity index (χ0) is 15.2. The Morgan fingerprint density at radius 3 is 2.55 bits per heavy atom. The zero-order valence-corrected chi connectivity index (χ0v) is 12.6. The van der Waals surface area contributed by atoms with Crippen LogP contribution in [0.5, 0.6) is 0 Å². The van der Waals surface area contributed by atoms with Crippen molar-refractivity contribution in [3.63, 3.8) is 0 Å². The number of carbonyl (C=O) groups excluding carboxylic acids is 1. The molecule has 1 aliphatic heterocycles. The number of aliphatic carboxylic acids is 1. The van der Waals surface area contributed by atoms with E-state index in [-0.39, 0.29) is 18.0 Å². The minimum atomic E-state index is -0.871. The fourth-order valence-electron chi connectivity index (χ4n) is 2.25. The lowest BCUT2D eigenvalue weighted by atomic mass is 9.84. The van der Waals surface area contributed by atoms with Crippen LogP contribution in [0, 0.1) is 17.3 Å². The fraction of sp³-hybridized carbons (Fsp3) is 0.857. The molecule has 0 spiro atoms. The average Bonchev–Trinajstić information content (AvgIpc) is 2.83. The Kier molecular flexibility index (Phi) is 6.26. The molecule has 0 radical (unpaired) electrons. The molecule has 1 aliphatic rings. The molecular formula is C14H26N2O4. The van der Waals surface area contributed by atoms with Crippen LogP contribution in [0.2, 0.25) is 0 Å². The lowest BCUT2D eigenvalue weighted by Crippen LogP contribution is -2.42. The lowest BCUT2D eigenvalue weighted by Gasteiger charge is -2.23. The summed E-state index contributed by atoms with van der Waals surface area (Å²) in [6, 6.07) is -0.308. The molecule has 3 N–H and O–H groups in total. The van der Waals surface area contributed by atoms with Gasteiger partial charge in [0.15, 0.2) is 0 Å². The van der Waals surface area contributed by atoms with Crippen molar-refractivity contribution in [3.8, 4) is 0 Å². The van der Waals surface area contributed by atoms with E-state index in [4.69, 9.17) is 9.84 Å². The van der Waals surface area contributed by atoms with Gasteiger partial charge in [0.05, 0.1) is 12.5 Å². The smallest absolute Gasteiger partial charge is 0.314 e. The normalized spacial score (nSPS) is 20.4. The first-order chi connectivity index (χ1) is 9.28. The summed E-state index contributed by atoms with van der Waals surface area (Å²) < 4.78 is 5.22. The minimum absolute atomic E-state index is 0.0810. The number of nitrogens with one attached hydrogen (secondary N) is 2. The van der Waals surface area contributed by atoms with Crippen molar-refractivity contribution in [2.24, 2.45) is 17.3 Å². The van der Waals surface area contributed by atoms with Gasteiger partial charge in [0.2, 0.25) is 0 Å². The van der Waals surface area contributed by atoms with E-state index in [1.807, 2.05) is 20.8 Å². The van der Waals surface area contributed by atoms with Crippen LogP contribution in [0.1, 0.15) is 33.6 Å². The Bertz CT molecular complexity index is 333. The third-order valence-corrected chi connectivity index (χ3v) is 3.29. The summed E-state index contributed by atoms with van der Waals surface area (Å²) in [4.78, 5) is 22.8. The molecule has 0 aromatic heterocycles. The van der Waals surface area contributed by atoms with Crippen LogP contribution in [0.25, 0.3) is 0 Å². The molecule has 1 fully saturated rings. The summed E-state index contributed by atoms with van der Waals surface area (Å²) in [6.45, 7) is 8.13. The summed E-state index contributed by atoms with van der Waals surface area (Å²) in [5.74, 6) is -1.06. The van der Waals surface area contributed by atoms with Crippen molar-refractivity contribution in [3.05, 3.63) is 0 Å². The van der Waals surface area contributed by atoms with Crippen LogP contribution in [0.15, 0.2) is 0 Å². The van der Waals surface area contributed by atoms with Gasteiger partial charge in [-0.1, -0.05) is 20.8 Å². The molecule has 0 aromatic rings. The largest absolute Gasteiger partial charge is 0.481 e. The van der Waals surface area contributed by atoms with E-state index in [0.717, 1.165) is 13.0 Å². The van der Waals surface area contributed by atoms with E-state index in [1.165, 1.54) is 0 Å². The molecule has 1 saturated heterocycles. The van der Waals surface area contributed by atoms with Crippen LogP contribution in [-0.2, 0) is 9.53 Å². The quantitative estimate of drug-likeness (QED) is 0.690. The van der Waals surface area contributed by atoms with E-state index in [1.54, 1.807) is 0 Å². The number of hydrogen-bond acceptors (Lipinski definition) is 3. The summed E-state index contributed by atoms with van der Waals surface area (Å²) in [5.41, 5.74) is -0.0810. The highest BCUT2D eigenvalue weighted by Gasteiger charge is 2.25. The van der Waals surface area contributed by atoms with Gasteiger partial charge in [-0.15, -0.1) is 0 Å². The highest BCUT2D eigenvalue weighted by Crippen LogP contribution is 2.24. The summed E-state index contributed by atoms with van der Waals surface area (Å²) in [6.07, 6.45) is 1.49. The molecule has 0 aliphatic carbocycles. The molecular weight excluding hydrogens is 260 g/mol. The second-order valence-electron chi connectivity index (χ2n) is 6.62. The molecule has 20 heavy (non-hydrogen) atoms. The van der Waals surface area contributed by atoms with Crippen molar-refractivity contribution >= 4 is 12.0 Å². The molecule has 6 heteroatoms. The fourth-order valence-corrected chi connectivity index (χ4v) is 2.25. The molecule has 1 rings (SSSR count). The number of carboxylic acid groups (broad SMARTS) is 1. The number of urea groups is 1. The van der Waals surface area contributed by atoms with E-state index >= 15 is 0 Å². The number of carboxylic acids is 1. The summed E-state index contributed by atoms with van der Waals surface area (Å²) in [5, 5.41) is 14.6. The molecule has 1 heterocycles. The molecule has 0 saturated carbocycles. The van der Waals surface area contributed by atoms with Gasteiger partial charge < -0.3 is 20.5 Å². The van der Waals surface area contributed by atoms with Gasteiger partial charge in [-0.3, -0.25) is 4.79 Å². The van der Waals surface area contributed by atoms with Gasteiger partial charge >= 0.3 is 12.0 Å². The molecule has 2 unspecified atom stereocenters. The highest BCUT2D eigenvalue weighted by molar-refractivity contribution is 5.75. The summed E-state index contributed by atoms with van der Waals surface area (Å²) >= 11 is 0. The Labute approximate surface area is 120 Å². The number of hydrogen-bond donors (Lipinski definition) is 3. The maximum Gasteiger partial charge on any atom is 0.314 e. The van der Waals surface area contributed by atoms with Crippen molar-refractivity contribution in [1.82, 2.24) is 10.6 Å². The van der Waals surface area contributed by atoms with E-state index in [9.17, 15) is 9.59 Å². The van der Waals surface area contributed by atoms with Gasteiger partial charge in [-0.05, 0) is 18.3 Å². The van der Waals surface area contributed by atoms with Crippen LogP contribution in [0.3, 0.4) is 0 Å². The molecule has 6 nitrogen and oxygen atoms in total. The number of rotatable bonds is 6. The third kappa shape index (κ3) is 6.75. The van der Waals surface area contributed by atoms with Crippen molar-refractivity contribution in [1.29, 1.82) is 0 Å². The van der Waals surface area contributed by atoms with Crippen LogP contribution in [0.4, 0.5) is 4.79 Å². The minimum Gasteiger partial charge on any atom is -0.481 e. The maximum atomic E-state index is 11.6. The SMILES string of the molecule is CC(C)(C)CC(CNC(=O)NCC1CCOC1)C(=O)O. The van der Waals surface area contributed by atoms with E-state index in [2.05, 4.69) is 10.6 Å². The first-order valence-electron chi connectivity index (χ1n) is 7.10. The van der Waals surface area contributed by atoms with Gasteiger partial charge in [0.1, 0.15) is 0 Å². The standard InChI is InChI=1S/C14H26N2O4/c1-14(2,3)6-11(12(17)18)8-16-13(19)15-7-10-4-5-20-9-10/h10-11H,4-9H2,1-3H3,(H,17,18)(H2,15,16,19). The first kappa shape index (κ1) is 16.8. The second kappa shape index (κ2) is 7.47. The molecule has 2 atom stereocenters. The number of amides is 2. The highest BCUT2D eigenvalue weighted by atomic mass is 16.5. The second-order valence-corrected chi connectivity index (χ2v) is 6.62. The zero-order valence-electron chi connectivity index (χ0n) is 12.6. The summed E-state index contributed by atoms with van der Waals surface area (Å²) in [7, 11) is 0. The van der Waals surface area contributed by atoms with Crippen LogP contribution in [-0.4, -0.2) is 43.4 Å². The molecule has 2 amide bonds.